The molecular formula is C24H47NO3Si2. The maximum absolute atomic E-state index is 12.3. The number of unbranched alkanes of at least 4 members (excludes halogenated alkanes) is 2. The van der Waals surface area contributed by atoms with Crippen LogP contribution in [0.2, 0.25) is 42.3 Å². The Morgan fingerprint density at radius 1 is 1.03 bits per heavy atom. The van der Waals surface area contributed by atoms with Crippen molar-refractivity contribution >= 4 is 22.5 Å². The van der Waals surface area contributed by atoms with Gasteiger partial charge in [-0.15, -0.1) is 0 Å². The van der Waals surface area contributed by atoms with E-state index in [0.717, 1.165) is 25.1 Å². The van der Waals surface area contributed by atoms with Crippen LogP contribution in [0.25, 0.3) is 0 Å². The van der Waals surface area contributed by atoms with E-state index in [4.69, 9.17) is 9.16 Å². The average Bonchev–Trinajstić information content (AvgIpc) is 3.00. The molecule has 0 N–H and O–H groups in total. The van der Waals surface area contributed by atoms with E-state index in [0.29, 0.717) is 29.8 Å². The molecule has 1 heterocycles. The molecule has 0 atom stereocenters. The number of carbonyl (C=O) groups excluding carboxylic acids is 1. The number of allylic oxidation sites excluding steroid dienone is 3. The van der Waals surface area contributed by atoms with Gasteiger partial charge in [0.25, 0.3) is 8.32 Å². The van der Waals surface area contributed by atoms with Gasteiger partial charge < -0.3 is 9.16 Å². The quantitative estimate of drug-likeness (QED) is 0.130. The Balaban J connectivity index is 2.96. The van der Waals surface area contributed by atoms with Gasteiger partial charge in [0.05, 0.1) is 6.54 Å². The van der Waals surface area contributed by atoms with E-state index in [-0.39, 0.29) is 6.09 Å². The summed E-state index contributed by atoms with van der Waals surface area (Å²) in [5, 5.41) is 0. The highest BCUT2D eigenvalue weighted by Gasteiger charge is 2.48. The van der Waals surface area contributed by atoms with Gasteiger partial charge in [-0.05, 0) is 54.9 Å². The summed E-state index contributed by atoms with van der Waals surface area (Å²) in [5.74, 6) is 0.739. The van der Waals surface area contributed by atoms with E-state index >= 15 is 0 Å². The Bertz CT molecular complexity index is 597. The van der Waals surface area contributed by atoms with Gasteiger partial charge in [-0.3, -0.25) is 0 Å². The molecule has 1 aliphatic heterocycles. The fourth-order valence-electron chi connectivity index (χ4n) is 4.94. The van der Waals surface area contributed by atoms with Gasteiger partial charge in [-0.25, -0.2) is 9.69 Å². The van der Waals surface area contributed by atoms with Crippen LogP contribution in [0.15, 0.2) is 23.6 Å². The van der Waals surface area contributed by atoms with Gasteiger partial charge >= 0.3 is 6.09 Å². The second kappa shape index (κ2) is 11.6. The zero-order valence-corrected chi connectivity index (χ0v) is 23.3. The Kier molecular flexibility index (Phi) is 10.4. The second-order valence-electron chi connectivity index (χ2n) is 10.9. The van der Waals surface area contributed by atoms with E-state index in [1.54, 1.807) is 4.90 Å². The van der Waals surface area contributed by atoms with E-state index in [1.165, 1.54) is 11.6 Å². The molecule has 0 aromatic carbocycles. The number of ether oxygens (including phenoxy) is 1. The highest BCUT2D eigenvalue weighted by Crippen LogP contribution is 2.44. The van der Waals surface area contributed by atoms with E-state index in [9.17, 15) is 4.79 Å². The fourth-order valence-corrected chi connectivity index (χ4v) is 12.0. The molecule has 0 radical (unpaired) electrons. The molecule has 4 nitrogen and oxygen atoms in total. The van der Waals surface area contributed by atoms with Crippen LogP contribution >= 0.6 is 0 Å². The van der Waals surface area contributed by atoms with Crippen molar-refractivity contribution < 1.29 is 14.0 Å². The Hall–Kier alpha value is -1.02. The van der Waals surface area contributed by atoms with Crippen LogP contribution in [0.4, 0.5) is 4.79 Å². The standard InChI is InChI=1S/C24H47NO3Si2/c1-19(2)30(20(3)4,21(5)6)28-23(25-16-17-27-24(25)26)15-13-11-12-14-22(7)18-29(8,9)10/h14-15,19-21H,11-13,16-18H2,1-10H3/b22-14?,23-15-. The SMILES string of the molecule is CC(=CCCC/C=C(\O[Si](C(C)C)(C(C)C)C(C)C)N1CCOC1=O)C[Si](C)(C)C. The van der Waals surface area contributed by atoms with Gasteiger partial charge in [-0.2, -0.15) is 0 Å². The minimum Gasteiger partial charge on any atom is -0.531 e. The van der Waals surface area contributed by atoms with Crippen molar-refractivity contribution in [2.24, 2.45) is 0 Å². The summed E-state index contributed by atoms with van der Waals surface area (Å²) in [6.07, 6.45) is 7.32. The van der Waals surface area contributed by atoms with Crippen LogP contribution in [-0.2, 0) is 9.16 Å². The number of hydrogen-bond donors (Lipinski definition) is 0. The Morgan fingerprint density at radius 2 is 1.57 bits per heavy atom. The number of cyclic esters (lactones) is 1. The fraction of sp³-hybridized carbons (Fsp3) is 0.792. The number of hydrogen-bond acceptors (Lipinski definition) is 3. The topological polar surface area (TPSA) is 38.8 Å². The first-order valence-corrected chi connectivity index (χ1v) is 17.6. The summed E-state index contributed by atoms with van der Waals surface area (Å²) in [4.78, 5) is 14.0. The van der Waals surface area contributed by atoms with E-state index in [2.05, 4.69) is 80.3 Å². The normalized spacial score (nSPS) is 16.8. The molecule has 1 rings (SSSR count). The molecule has 0 bridgehead atoms. The van der Waals surface area contributed by atoms with Crippen LogP contribution in [0, 0.1) is 0 Å². The molecule has 1 aliphatic rings. The summed E-state index contributed by atoms with van der Waals surface area (Å²) in [5.41, 5.74) is 2.91. The van der Waals surface area contributed by atoms with E-state index < -0.39 is 16.4 Å². The predicted molar refractivity (Wildman–Crippen MR) is 134 cm³/mol. The van der Waals surface area contributed by atoms with Crippen LogP contribution in [0.1, 0.15) is 67.7 Å². The lowest BCUT2D eigenvalue weighted by Crippen LogP contribution is -2.49. The summed E-state index contributed by atoms with van der Waals surface area (Å²) in [6.45, 7) is 24.2. The van der Waals surface area contributed by atoms with Crippen molar-refractivity contribution in [1.82, 2.24) is 4.90 Å². The lowest BCUT2D eigenvalue weighted by atomic mass is 10.2. The average molecular weight is 454 g/mol. The third-order valence-electron chi connectivity index (χ3n) is 6.04. The first-order chi connectivity index (χ1) is 13.8. The van der Waals surface area contributed by atoms with E-state index in [1.807, 2.05) is 0 Å². The lowest BCUT2D eigenvalue weighted by molar-refractivity contribution is 0.151. The molecule has 0 aliphatic carbocycles. The summed E-state index contributed by atoms with van der Waals surface area (Å²) in [6, 6.07) is 1.27. The highest BCUT2D eigenvalue weighted by atomic mass is 28.4. The molecule has 1 saturated heterocycles. The lowest BCUT2D eigenvalue weighted by Gasteiger charge is -2.43. The minimum absolute atomic E-state index is 0.272. The molecule has 0 aromatic heterocycles. The largest absolute Gasteiger partial charge is 0.531 e. The van der Waals surface area contributed by atoms with Crippen molar-refractivity contribution in [2.45, 2.75) is 110 Å². The molecule has 174 valence electrons. The van der Waals surface area contributed by atoms with Gasteiger partial charge in [0, 0.05) is 8.07 Å². The van der Waals surface area contributed by atoms with Crippen molar-refractivity contribution in [3.8, 4) is 0 Å². The van der Waals surface area contributed by atoms with Crippen molar-refractivity contribution in [3.63, 3.8) is 0 Å². The van der Waals surface area contributed by atoms with Gasteiger partial charge in [0.15, 0.2) is 5.88 Å². The van der Waals surface area contributed by atoms with Crippen molar-refractivity contribution in [3.05, 3.63) is 23.6 Å². The third kappa shape index (κ3) is 7.59. The first-order valence-electron chi connectivity index (χ1n) is 11.8. The number of rotatable bonds is 12. The first kappa shape index (κ1) is 27.0. The zero-order valence-electron chi connectivity index (χ0n) is 21.3. The zero-order chi connectivity index (χ0) is 23.1. The summed E-state index contributed by atoms with van der Waals surface area (Å²) in [7, 11) is -3.17. The van der Waals surface area contributed by atoms with Crippen LogP contribution in [0.5, 0.6) is 0 Å². The smallest absolute Gasteiger partial charge is 0.416 e. The van der Waals surface area contributed by atoms with Gasteiger partial charge in [0.1, 0.15) is 6.61 Å². The van der Waals surface area contributed by atoms with Crippen molar-refractivity contribution in [1.29, 1.82) is 0 Å². The molecule has 0 spiro atoms. The summed E-state index contributed by atoms with van der Waals surface area (Å²) >= 11 is 0. The van der Waals surface area contributed by atoms with Crippen LogP contribution in [-0.4, -0.2) is 40.5 Å². The molecule has 0 unspecified atom stereocenters. The number of carbonyl (C=O) groups is 1. The molecule has 1 fully saturated rings. The van der Waals surface area contributed by atoms with Crippen molar-refractivity contribution in [2.75, 3.05) is 13.2 Å². The summed E-state index contributed by atoms with van der Waals surface area (Å²) < 4.78 is 12.1. The predicted octanol–water partition coefficient (Wildman–Crippen LogP) is 7.93. The highest BCUT2D eigenvalue weighted by molar-refractivity contribution is 6.78. The monoisotopic (exact) mass is 453 g/mol. The van der Waals surface area contributed by atoms with Gasteiger partial charge in [-0.1, -0.05) is 72.8 Å². The molecule has 30 heavy (non-hydrogen) atoms. The number of nitrogens with zero attached hydrogens (tertiary/aromatic N) is 1. The Morgan fingerprint density at radius 3 is 2.00 bits per heavy atom. The minimum atomic E-state index is -2.13. The molecule has 0 saturated carbocycles. The second-order valence-corrected chi connectivity index (χ2v) is 21.8. The van der Waals surface area contributed by atoms with Crippen LogP contribution in [0.3, 0.4) is 0 Å². The molecular weight excluding hydrogens is 406 g/mol. The molecule has 6 heteroatoms. The molecule has 0 aromatic rings. The van der Waals surface area contributed by atoms with Crippen LogP contribution < -0.4 is 0 Å². The number of amides is 1. The third-order valence-corrected chi connectivity index (χ3v) is 13.6. The molecule has 1 amide bonds. The maximum atomic E-state index is 12.3. The maximum Gasteiger partial charge on any atom is 0.416 e. The Labute approximate surface area is 188 Å². The van der Waals surface area contributed by atoms with Gasteiger partial charge in [0.2, 0.25) is 0 Å².